The molecule has 1 saturated heterocycles. The van der Waals surface area contributed by atoms with Crippen molar-refractivity contribution in [2.75, 3.05) is 6.54 Å². The molecule has 1 aliphatic rings. The van der Waals surface area contributed by atoms with Gasteiger partial charge in [0, 0.05) is 0 Å². The van der Waals surface area contributed by atoms with Crippen LogP contribution in [0.25, 0.3) is 0 Å². The molecule has 0 aliphatic carbocycles. The summed E-state index contributed by atoms with van der Waals surface area (Å²) in [7, 11) is 0. The van der Waals surface area contributed by atoms with Crippen LogP contribution < -0.4 is 16.4 Å². The van der Waals surface area contributed by atoms with Crippen LogP contribution in [-0.4, -0.2) is 41.5 Å². The zero-order chi connectivity index (χ0) is 14.4. The standard InChI is InChI=1S/C12H21N3O4/c1-2-7-3-4-14-8(5-7)11(17)15-9(12(18)19)6-10(13)16/h7-9,14H,2-6H2,1H3,(H2,13,16)(H,15,17)(H,18,19). The summed E-state index contributed by atoms with van der Waals surface area (Å²) < 4.78 is 0. The average molecular weight is 271 g/mol. The molecule has 5 N–H and O–H groups in total. The number of hydrogen-bond acceptors (Lipinski definition) is 4. The summed E-state index contributed by atoms with van der Waals surface area (Å²) in [6.07, 6.45) is 2.30. The topological polar surface area (TPSA) is 122 Å². The minimum Gasteiger partial charge on any atom is -0.480 e. The Morgan fingerprint density at radius 2 is 2.16 bits per heavy atom. The minimum absolute atomic E-state index is 0.383. The van der Waals surface area contributed by atoms with Crippen LogP contribution in [0.1, 0.15) is 32.6 Å². The van der Waals surface area contributed by atoms with Crippen molar-refractivity contribution in [3.63, 3.8) is 0 Å². The van der Waals surface area contributed by atoms with E-state index in [4.69, 9.17) is 10.8 Å². The number of nitrogens with two attached hydrogens (primary N) is 1. The molecule has 0 spiro atoms. The maximum absolute atomic E-state index is 12.0. The zero-order valence-corrected chi connectivity index (χ0v) is 11.0. The Morgan fingerprint density at radius 3 is 2.68 bits per heavy atom. The number of carbonyl (C=O) groups excluding carboxylic acids is 2. The molecular formula is C12H21N3O4. The molecule has 0 radical (unpaired) electrons. The van der Waals surface area contributed by atoms with Gasteiger partial charge in [-0.25, -0.2) is 4.79 Å². The number of aliphatic carboxylic acids is 1. The second-order valence-corrected chi connectivity index (χ2v) is 4.88. The zero-order valence-electron chi connectivity index (χ0n) is 11.0. The van der Waals surface area contributed by atoms with Crippen molar-refractivity contribution in [2.45, 2.75) is 44.7 Å². The van der Waals surface area contributed by atoms with Crippen molar-refractivity contribution in [2.24, 2.45) is 11.7 Å². The van der Waals surface area contributed by atoms with E-state index in [0.717, 1.165) is 19.4 Å². The van der Waals surface area contributed by atoms with Gasteiger partial charge >= 0.3 is 5.97 Å². The highest BCUT2D eigenvalue weighted by atomic mass is 16.4. The molecule has 3 atom stereocenters. The second kappa shape index (κ2) is 7.08. The third-order valence-electron chi connectivity index (χ3n) is 3.43. The van der Waals surface area contributed by atoms with Crippen molar-refractivity contribution in [1.29, 1.82) is 0 Å². The van der Waals surface area contributed by atoms with Crippen LogP contribution in [0.3, 0.4) is 0 Å². The van der Waals surface area contributed by atoms with E-state index in [1.807, 2.05) is 0 Å². The quantitative estimate of drug-likeness (QED) is 0.504. The summed E-state index contributed by atoms with van der Waals surface area (Å²) in [5.74, 6) is -1.92. The van der Waals surface area contributed by atoms with E-state index in [2.05, 4.69) is 17.6 Å². The molecule has 0 saturated carbocycles. The molecule has 0 aromatic rings. The lowest BCUT2D eigenvalue weighted by atomic mass is 9.90. The Bertz CT molecular complexity index is 359. The fourth-order valence-electron chi connectivity index (χ4n) is 2.24. The molecule has 1 fully saturated rings. The van der Waals surface area contributed by atoms with E-state index in [0.29, 0.717) is 12.3 Å². The lowest BCUT2D eigenvalue weighted by Gasteiger charge is -2.29. The van der Waals surface area contributed by atoms with Gasteiger partial charge in [-0.2, -0.15) is 0 Å². The maximum atomic E-state index is 12.0. The Hall–Kier alpha value is -1.63. The summed E-state index contributed by atoms with van der Waals surface area (Å²) in [5.41, 5.74) is 4.96. The highest BCUT2D eigenvalue weighted by Crippen LogP contribution is 2.19. The summed E-state index contributed by atoms with van der Waals surface area (Å²) >= 11 is 0. The first kappa shape index (κ1) is 15.4. The monoisotopic (exact) mass is 271 g/mol. The highest BCUT2D eigenvalue weighted by molar-refractivity contribution is 5.90. The average Bonchev–Trinajstić information content (AvgIpc) is 2.37. The van der Waals surface area contributed by atoms with E-state index >= 15 is 0 Å². The first-order valence-electron chi connectivity index (χ1n) is 6.48. The Morgan fingerprint density at radius 1 is 1.47 bits per heavy atom. The number of rotatable bonds is 6. The van der Waals surface area contributed by atoms with Crippen molar-refractivity contribution in [1.82, 2.24) is 10.6 Å². The smallest absolute Gasteiger partial charge is 0.326 e. The van der Waals surface area contributed by atoms with Crippen LogP contribution >= 0.6 is 0 Å². The molecule has 1 aliphatic heterocycles. The van der Waals surface area contributed by atoms with Crippen LogP contribution in [0.2, 0.25) is 0 Å². The number of piperidine rings is 1. The molecule has 19 heavy (non-hydrogen) atoms. The predicted molar refractivity (Wildman–Crippen MR) is 68.2 cm³/mol. The number of primary amides is 1. The number of carboxylic acids is 1. The molecular weight excluding hydrogens is 250 g/mol. The van der Waals surface area contributed by atoms with Gasteiger partial charge in [0.1, 0.15) is 6.04 Å². The van der Waals surface area contributed by atoms with Crippen LogP contribution in [0.5, 0.6) is 0 Å². The number of amides is 2. The molecule has 108 valence electrons. The van der Waals surface area contributed by atoms with E-state index in [9.17, 15) is 14.4 Å². The summed E-state index contributed by atoms with van der Waals surface area (Å²) in [5, 5.41) is 14.3. The van der Waals surface area contributed by atoms with Crippen LogP contribution in [-0.2, 0) is 14.4 Å². The molecule has 3 unspecified atom stereocenters. The Labute approximate surface area is 111 Å². The number of hydrogen-bond donors (Lipinski definition) is 4. The van der Waals surface area contributed by atoms with Gasteiger partial charge in [0.25, 0.3) is 0 Å². The highest BCUT2D eigenvalue weighted by Gasteiger charge is 2.29. The molecule has 1 heterocycles. The Balaban J connectivity index is 2.56. The van der Waals surface area contributed by atoms with Crippen LogP contribution in [0.15, 0.2) is 0 Å². The molecule has 7 heteroatoms. The maximum Gasteiger partial charge on any atom is 0.326 e. The summed E-state index contributed by atoms with van der Waals surface area (Å²) in [6, 6.07) is -1.65. The van der Waals surface area contributed by atoms with Gasteiger partial charge < -0.3 is 21.5 Å². The van der Waals surface area contributed by atoms with Crippen LogP contribution in [0.4, 0.5) is 0 Å². The van der Waals surface area contributed by atoms with E-state index < -0.39 is 30.4 Å². The number of carboxylic acid groups (broad SMARTS) is 1. The Kier molecular flexibility index (Phi) is 5.75. The largest absolute Gasteiger partial charge is 0.480 e. The fraction of sp³-hybridized carbons (Fsp3) is 0.750. The van der Waals surface area contributed by atoms with Crippen molar-refractivity contribution in [3.8, 4) is 0 Å². The van der Waals surface area contributed by atoms with Gasteiger partial charge in [-0.1, -0.05) is 13.3 Å². The molecule has 7 nitrogen and oxygen atoms in total. The molecule has 0 aromatic heterocycles. The van der Waals surface area contributed by atoms with Gasteiger partial charge in [-0.05, 0) is 25.3 Å². The van der Waals surface area contributed by atoms with Gasteiger partial charge in [0.2, 0.25) is 11.8 Å². The normalized spacial score (nSPS) is 24.5. The van der Waals surface area contributed by atoms with E-state index in [1.165, 1.54) is 0 Å². The van der Waals surface area contributed by atoms with Crippen LogP contribution in [0, 0.1) is 5.92 Å². The molecule has 0 aromatic carbocycles. The first-order valence-corrected chi connectivity index (χ1v) is 6.48. The lowest BCUT2D eigenvalue weighted by Crippen LogP contribution is -2.53. The van der Waals surface area contributed by atoms with E-state index in [-0.39, 0.29) is 5.91 Å². The van der Waals surface area contributed by atoms with Gasteiger partial charge in [-0.3, -0.25) is 9.59 Å². The van der Waals surface area contributed by atoms with Crippen molar-refractivity contribution in [3.05, 3.63) is 0 Å². The van der Waals surface area contributed by atoms with Gasteiger partial charge in [-0.15, -0.1) is 0 Å². The first-order chi connectivity index (χ1) is 8.93. The fourth-order valence-corrected chi connectivity index (χ4v) is 2.24. The predicted octanol–water partition coefficient (Wildman–Crippen LogP) is -0.791. The van der Waals surface area contributed by atoms with Crippen molar-refractivity contribution < 1.29 is 19.5 Å². The number of carbonyl (C=O) groups is 3. The lowest BCUT2D eigenvalue weighted by molar-refractivity contribution is -0.143. The van der Waals surface area contributed by atoms with Gasteiger partial charge in [0.05, 0.1) is 12.5 Å². The minimum atomic E-state index is -1.26. The molecule has 2 amide bonds. The number of nitrogens with one attached hydrogen (secondary N) is 2. The van der Waals surface area contributed by atoms with E-state index in [1.54, 1.807) is 0 Å². The second-order valence-electron chi connectivity index (χ2n) is 4.88. The summed E-state index contributed by atoms with van der Waals surface area (Å²) in [6.45, 7) is 2.81. The van der Waals surface area contributed by atoms with Crippen molar-refractivity contribution >= 4 is 17.8 Å². The summed E-state index contributed by atoms with van der Waals surface area (Å²) in [4.78, 5) is 33.7. The molecule has 0 bridgehead atoms. The third kappa shape index (κ3) is 4.86. The SMILES string of the molecule is CCC1CCNC(C(=O)NC(CC(N)=O)C(=O)O)C1. The van der Waals surface area contributed by atoms with Gasteiger partial charge in [0.15, 0.2) is 0 Å². The molecule has 1 rings (SSSR count). The third-order valence-corrected chi connectivity index (χ3v) is 3.43.